The van der Waals surface area contributed by atoms with E-state index in [1.807, 2.05) is 37.3 Å². The fourth-order valence-electron chi connectivity index (χ4n) is 2.52. The van der Waals surface area contributed by atoms with E-state index < -0.39 is 10.0 Å². The number of benzene rings is 3. The van der Waals surface area contributed by atoms with E-state index in [0.29, 0.717) is 11.5 Å². The van der Waals surface area contributed by atoms with Crippen LogP contribution >= 0.6 is 0 Å². The van der Waals surface area contributed by atoms with Crippen molar-refractivity contribution in [2.45, 2.75) is 11.8 Å². The summed E-state index contributed by atoms with van der Waals surface area (Å²) in [5, 5.41) is 4.14. The van der Waals surface area contributed by atoms with Gasteiger partial charge in [0.25, 0.3) is 10.0 Å². The Hall–Kier alpha value is -3.32. The molecule has 0 atom stereocenters. The predicted molar refractivity (Wildman–Crippen MR) is 113 cm³/mol. The maximum absolute atomic E-state index is 12.6. The predicted octanol–water partition coefficient (Wildman–Crippen LogP) is 3.77. The molecule has 0 aliphatic heterocycles. The van der Waals surface area contributed by atoms with Crippen molar-refractivity contribution < 1.29 is 17.9 Å². The summed E-state index contributed by atoms with van der Waals surface area (Å²) in [5.74, 6) is 1.34. The van der Waals surface area contributed by atoms with Crippen LogP contribution in [-0.4, -0.2) is 27.8 Å². The highest BCUT2D eigenvalue weighted by atomic mass is 32.2. The molecule has 0 aliphatic rings. The smallest absolute Gasteiger partial charge is 0.276 e. The summed E-state index contributed by atoms with van der Waals surface area (Å²) >= 11 is 0. The molecule has 3 aromatic rings. The number of hydrogen-bond acceptors (Lipinski definition) is 5. The number of hydrogen-bond donors (Lipinski definition) is 1. The van der Waals surface area contributed by atoms with Crippen molar-refractivity contribution in [3.63, 3.8) is 0 Å². The van der Waals surface area contributed by atoms with Crippen LogP contribution in [0.5, 0.6) is 11.5 Å². The topological polar surface area (TPSA) is 77.0 Å². The van der Waals surface area contributed by atoms with Crippen molar-refractivity contribution in [2.75, 3.05) is 13.7 Å². The van der Waals surface area contributed by atoms with Gasteiger partial charge >= 0.3 is 0 Å². The lowest BCUT2D eigenvalue weighted by Gasteiger charge is -2.11. The van der Waals surface area contributed by atoms with Crippen molar-refractivity contribution in [3.05, 3.63) is 90.0 Å². The number of methoxy groups -OCH3 is 1. The Morgan fingerprint density at radius 3 is 2.14 bits per heavy atom. The van der Waals surface area contributed by atoms with E-state index in [-0.39, 0.29) is 11.5 Å². The second-order valence-corrected chi connectivity index (χ2v) is 7.96. The summed E-state index contributed by atoms with van der Waals surface area (Å²) in [6.07, 6.45) is 0. The molecule has 0 saturated heterocycles. The summed E-state index contributed by atoms with van der Waals surface area (Å²) in [4.78, 5) is 2.46. The first-order valence-corrected chi connectivity index (χ1v) is 10.4. The molecule has 0 fully saturated rings. The molecule has 0 aromatic heterocycles. The Bertz CT molecular complexity index is 1060. The normalized spacial score (nSPS) is 11.7. The SMILES string of the molecule is COc1ccc(OCC(=NNS(=O)(=O)c2ccc(C)cc2)c2ccccc2)cc1. The lowest BCUT2D eigenvalue weighted by atomic mass is 10.1. The Labute approximate surface area is 170 Å². The second-order valence-electron chi connectivity index (χ2n) is 6.30. The molecule has 3 rings (SSSR count). The highest BCUT2D eigenvalue weighted by molar-refractivity contribution is 7.89. The molecule has 0 radical (unpaired) electrons. The fraction of sp³-hybridized carbons (Fsp3) is 0.136. The molecule has 0 unspecified atom stereocenters. The molecule has 0 saturated carbocycles. The van der Waals surface area contributed by atoms with Gasteiger partial charge in [-0.2, -0.15) is 18.4 Å². The zero-order chi connectivity index (χ0) is 20.7. The lowest BCUT2D eigenvalue weighted by molar-refractivity contribution is 0.373. The summed E-state index contributed by atoms with van der Waals surface area (Å²) in [6.45, 7) is 1.98. The van der Waals surface area contributed by atoms with Crippen molar-refractivity contribution >= 4 is 15.7 Å². The molecule has 1 N–H and O–H groups in total. The molecule has 29 heavy (non-hydrogen) atoms. The molecule has 0 aliphatic carbocycles. The number of rotatable bonds is 8. The van der Waals surface area contributed by atoms with Crippen LogP contribution in [0.2, 0.25) is 0 Å². The summed E-state index contributed by atoms with van der Waals surface area (Å²) in [6, 6.07) is 23.0. The summed E-state index contributed by atoms with van der Waals surface area (Å²) < 4.78 is 36.0. The van der Waals surface area contributed by atoms with E-state index in [0.717, 1.165) is 16.9 Å². The summed E-state index contributed by atoms with van der Waals surface area (Å²) in [5.41, 5.74) is 2.19. The van der Waals surface area contributed by atoms with Crippen molar-refractivity contribution in [3.8, 4) is 11.5 Å². The Kier molecular flexibility index (Phi) is 6.51. The minimum absolute atomic E-state index is 0.0900. The van der Waals surface area contributed by atoms with Gasteiger partial charge in [0.05, 0.1) is 12.0 Å². The molecule has 0 spiro atoms. The van der Waals surface area contributed by atoms with Crippen LogP contribution < -0.4 is 14.3 Å². The average molecular weight is 410 g/mol. The van der Waals surface area contributed by atoms with Crippen LogP contribution in [0.25, 0.3) is 0 Å². The standard InChI is InChI=1S/C22H22N2O4S/c1-17-8-14-21(15-9-17)29(25,26)24-23-22(18-6-4-3-5-7-18)16-28-20-12-10-19(27-2)11-13-20/h3-15,24H,16H2,1-2H3. The maximum atomic E-state index is 12.6. The van der Waals surface area contributed by atoms with Crippen LogP contribution in [0.15, 0.2) is 88.9 Å². The van der Waals surface area contributed by atoms with Crippen LogP contribution in [0.1, 0.15) is 11.1 Å². The van der Waals surface area contributed by atoms with Gasteiger partial charge in [-0.3, -0.25) is 0 Å². The van der Waals surface area contributed by atoms with Gasteiger partial charge in [-0.05, 0) is 43.3 Å². The monoisotopic (exact) mass is 410 g/mol. The van der Waals surface area contributed by atoms with Gasteiger partial charge in [-0.1, -0.05) is 48.0 Å². The van der Waals surface area contributed by atoms with E-state index in [2.05, 4.69) is 9.93 Å². The first kappa shape index (κ1) is 20.4. The van der Waals surface area contributed by atoms with Gasteiger partial charge in [-0.25, -0.2) is 0 Å². The van der Waals surface area contributed by atoms with E-state index in [1.54, 1.807) is 55.6 Å². The third-order valence-corrected chi connectivity index (χ3v) is 5.40. The van der Waals surface area contributed by atoms with Crippen LogP contribution in [0.4, 0.5) is 0 Å². The van der Waals surface area contributed by atoms with Crippen LogP contribution in [0.3, 0.4) is 0 Å². The van der Waals surface area contributed by atoms with Crippen LogP contribution in [0, 0.1) is 6.92 Å². The highest BCUT2D eigenvalue weighted by Gasteiger charge is 2.14. The zero-order valence-corrected chi connectivity index (χ0v) is 17.0. The first-order chi connectivity index (χ1) is 14.0. The molecule has 0 bridgehead atoms. The Morgan fingerprint density at radius 2 is 1.52 bits per heavy atom. The van der Waals surface area contributed by atoms with E-state index >= 15 is 0 Å². The molecule has 0 heterocycles. The molecular weight excluding hydrogens is 388 g/mol. The van der Waals surface area contributed by atoms with Crippen LogP contribution in [-0.2, 0) is 10.0 Å². The van der Waals surface area contributed by atoms with Gasteiger partial charge in [0.15, 0.2) is 0 Å². The number of sulfonamides is 1. The first-order valence-electron chi connectivity index (χ1n) is 8.95. The average Bonchev–Trinajstić information content (AvgIpc) is 2.75. The molecule has 6 nitrogen and oxygen atoms in total. The number of aryl methyl sites for hydroxylation is 1. The van der Waals surface area contributed by atoms with Gasteiger partial charge in [0, 0.05) is 5.56 Å². The highest BCUT2D eigenvalue weighted by Crippen LogP contribution is 2.17. The second kappa shape index (κ2) is 9.25. The fourth-order valence-corrected chi connectivity index (χ4v) is 3.35. The number of nitrogens with zero attached hydrogens (tertiary/aromatic N) is 1. The lowest BCUT2D eigenvalue weighted by Crippen LogP contribution is -2.23. The van der Waals surface area contributed by atoms with Gasteiger partial charge in [0.2, 0.25) is 0 Å². The quantitative estimate of drug-likeness (QED) is 0.453. The minimum atomic E-state index is -3.78. The van der Waals surface area contributed by atoms with Gasteiger partial charge in [-0.15, -0.1) is 0 Å². The zero-order valence-electron chi connectivity index (χ0n) is 16.2. The number of ether oxygens (including phenoxy) is 2. The molecule has 7 heteroatoms. The number of hydrazone groups is 1. The Balaban J connectivity index is 1.80. The van der Waals surface area contributed by atoms with Crippen molar-refractivity contribution in [2.24, 2.45) is 5.10 Å². The van der Waals surface area contributed by atoms with Gasteiger partial charge < -0.3 is 9.47 Å². The molecule has 150 valence electrons. The number of nitrogens with one attached hydrogen (secondary N) is 1. The third-order valence-electron chi connectivity index (χ3n) is 4.17. The van der Waals surface area contributed by atoms with E-state index in [1.165, 1.54) is 0 Å². The molecular formula is C22H22N2O4S. The van der Waals surface area contributed by atoms with Crippen molar-refractivity contribution in [1.82, 2.24) is 4.83 Å². The summed E-state index contributed by atoms with van der Waals surface area (Å²) in [7, 11) is -2.19. The molecule has 0 amide bonds. The van der Waals surface area contributed by atoms with Crippen molar-refractivity contribution in [1.29, 1.82) is 0 Å². The molecule has 3 aromatic carbocycles. The Morgan fingerprint density at radius 1 is 0.897 bits per heavy atom. The maximum Gasteiger partial charge on any atom is 0.276 e. The van der Waals surface area contributed by atoms with E-state index in [4.69, 9.17) is 9.47 Å². The minimum Gasteiger partial charge on any atom is -0.497 e. The largest absolute Gasteiger partial charge is 0.497 e. The van der Waals surface area contributed by atoms with Gasteiger partial charge in [0.1, 0.15) is 23.8 Å². The third kappa shape index (κ3) is 5.58. The van der Waals surface area contributed by atoms with E-state index in [9.17, 15) is 8.42 Å².